The summed E-state index contributed by atoms with van der Waals surface area (Å²) in [6.07, 6.45) is 4.00. The fourth-order valence-corrected chi connectivity index (χ4v) is 2.32. The Morgan fingerprint density at radius 2 is 2.15 bits per heavy atom. The van der Waals surface area contributed by atoms with Crippen molar-refractivity contribution in [1.29, 1.82) is 0 Å². The number of hydrogen-bond donors (Lipinski definition) is 1. The first kappa shape index (κ1) is 13.1. The van der Waals surface area contributed by atoms with Gasteiger partial charge in [-0.2, -0.15) is 5.10 Å². The number of rotatable bonds is 2. The predicted molar refractivity (Wildman–Crippen MR) is 77.7 cm³/mol. The quantitative estimate of drug-likeness (QED) is 0.719. The lowest BCUT2D eigenvalue weighted by molar-refractivity contribution is 0.386. The van der Waals surface area contributed by atoms with E-state index in [4.69, 9.17) is 16.1 Å². The third-order valence-corrected chi connectivity index (χ3v) is 3.47. The molecular formula is C14H15ClN4O. The monoisotopic (exact) mass is 290 g/mol. The molecule has 0 atom stereocenters. The molecule has 1 saturated carbocycles. The van der Waals surface area contributed by atoms with Crippen LogP contribution in [-0.2, 0) is 0 Å². The molecule has 20 heavy (non-hydrogen) atoms. The number of H-pyrrole nitrogens is 1. The smallest absolute Gasteiger partial charge is 0.140 e. The molecule has 3 aromatic rings. The van der Waals surface area contributed by atoms with Crippen LogP contribution in [0, 0.1) is 0 Å². The van der Waals surface area contributed by atoms with Gasteiger partial charge in [0.2, 0.25) is 0 Å². The van der Waals surface area contributed by atoms with Crippen LogP contribution in [0.5, 0.6) is 0 Å². The van der Waals surface area contributed by atoms with Crippen molar-refractivity contribution in [2.75, 3.05) is 0 Å². The molecule has 0 aromatic carbocycles. The normalized spacial score (nSPS) is 14.2. The average molecular weight is 291 g/mol. The van der Waals surface area contributed by atoms with Crippen molar-refractivity contribution in [3.8, 4) is 11.4 Å². The van der Waals surface area contributed by atoms with Crippen molar-refractivity contribution in [1.82, 2.24) is 20.3 Å². The average Bonchev–Trinajstić information content (AvgIpc) is 3.04. The van der Waals surface area contributed by atoms with Gasteiger partial charge in [0.15, 0.2) is 0 Å². The maximum atomic E-state index is 6.11. The number of aromatic nitrogens is 4. The van der Waals surface area contributed by atoms with E-state index in [1.807, 2.05) is 26.0 Å². The van der Waals surface area contributed by atoms with E-state index in [0.717, 1.165) is 16.7 Å². The predicted octanol–water partition coefficient (Wildman–Crippen LogP) is 4.17. The molecule has 0 amide bonds. The summed E-state index contributed by atoms with van der Waals surface area (Å²) in [6.45, 7) is 4.00. The molecule has 4 rings (SSSR count). The second-order valence-corrected chi connectivity index (χ2v) is 4.84. The van der Waals surface area contributed by atoms with Gasteiger partial charge < -0.3 is 4.52 Å². The van der Waals surface area contributed by atoms with E-state index in [1.165, 1.54) is 12.8 Å². The van der Waals surface area contributed by atoms with Gasteiger partial charge in [0, 0.05) is 18.2 Å². The lowest BCUT2D eigenvalue weighted by Crippen LogP contribution is -1.80. The van der Waals surface area contributed by atoms with Gasteiger partial charge in [-0.05, 0) is 18.9 Å². The summed E-state index contributed by atoms with van der Waals surface area (Å²) in [6, 6.07) is 3.77. The Balaban J connectivity index is 0.000000581. The van der Waals surface area contributed by atoms with Gasteiger partial charge in [-0.15, -0.1) is 0 Å². The second kappa shape index (κ2) is 5.25. The fraction of sp³-hybridized carbons (Fsp3) is 0.357. The van der Waals surface area contributed by atoms with E-state index < -0.39 is 0 Å². The Hall–Kier alpha value is -1.88. The van der Waals surface area contributed by atoms with Crippen LogP contribution in [0.1, 0.15) is 38.4 Å². The molecule has 104 valence electrons. The topological polar surface area (TPSA) is 67.6 Å². The zero-order valence-electron chi connectivity index (χ0n) is 11.4. The summed E-state index contributed by atoms with van der Waals surface area (Å²) < 4.78 is 5.33. The summed E-state index contributed by atoms with van der Waals surface area (Å²) in [5, 5.41) is 12.5. The van der Waals surface area contributed by atoms with E-state index in [0.29, 0.717) is 22.5 Å². The van der Waals surface area contributed by atoms with Crippen LogP contribution in [0.2, 0.25) is 5.15 Å². The first-order valence-corrected chi connectivity index (χ1v) is 7.16. The summed E-state index contributed by atoms with van der Waals surface area (Å²) >= 11 is 6.11. The minimum absolute atomic E-state index is 0.423. The van der Waals surface area contributed by atoms with E-state index in [1.54, 1.807) is 6.20 Å². The van der Waals surface area contributed by atoms with Crippen molar-refractivity contribution < 1.29 is 4.52 Å². The molecule has 0 unspecified atom stereocenters. The van der Waals surface area contributed by atoms with Crippen LogP contribution >= 0.6 is 11.6 Å². The number of nitrogens with one attached hydrogen (secondary N) is 1. The van der Waals surface area contributed by atoms with Gasteiger partial charge in [-0.25, -0.2) is 4.98 Å². The molecular weight excluding hydrogens is 276 g/mol. The highest BCUT2D eigenvalue weighted by Crippen LogP contribution is 2.41. The van der Waals surface area contributed by atoms with Crippen LogP contribution in [-0.4, -0.2) is 20.3 Å². The van der Waals surface area contributed by atoms with Crippen LogP contribution in [0.3, 0.4) is 0 Å². The molecule has 1 N–H and O–H groups in total. The fourth-order valence-electron chi connectivity index (χ4n) is 2.07. The summed E-state index contributed by atoms with van der Waals surface area (Å²) in [4.78, 5) is 4.07. The Labute approximate surface area is 121 Å². The van der Waals surface area contributed by atoms with Gasteiger partial charge in [0.25, 0.3) is 0 Å². The Bertz CT molecular complexity index is 730. The lowest BCUT2D eigenvalue weighted by Gasteiger charge is -1.93. The molecule has 6 heteroatoms. The zero-order chi connectivity index (χ0) is 14.1. The summed E-state index contributed by atoms with van der Waals surface area (Å²) in [5.41, 5.74) is 2.25. The largest absolute Gasteiger partial charge is 0.360 e. The Kier molecular flexibility index (Phi) is 3.44. The minimum atomic E-state index is 0.423. The van der Waals surface area contributed by atoms with Gasteiger partial charge in [-0.3, -0.25) is 5.10 Å². The molecule has 1 aliphatic carbocycles. The highest BCUT2D eigenvalue weighted by molar-refractivity contribution is 6.35. The molecule has 5 nitrogen and oxygen atoms in total. The van der Waals surface area contributed by atoms with Gasteiger partial charge >= 0.3 is 0 Å². The van der Waals surface area contributed by atoms with Crippen LogP contribution in [0.25, 0.3) is 22.3 Å². The molecule has 0 saturated heterocycles. The number of nitrogens with zero attached hydrogens (tertiary/aromatic N) is 3. The zero-order valence-corrected chi connectivity index (χ0v) is 12.1. The first-order valence-electron chi connectivity index (χ1n) is 6.78. The first-order chi connectivity index (χ1) is 9.83. The Morgan fingerprint density at radius 3 is 2.90 bits per heavy atom. The van der Waals surface area contributed by atoms with Crippen LogP contribution in [0.4, 0.5) is 0 Å². The van der Waals surface area contributed by atoms with E-state index in [-0.39, 0.29) is 0 Å². The third-order valence-electron chi connectivity index (χ3n) is 3.18. The molecule has 0 radical (unpaired) electrons. The molecule has 3 heterocycles. The molecule has 1 fully saturated rings. The SMILES string of the molecule is CC.Clc1nccc2[nH]nc(-c3cc(C4CC4)on3)c12. The maximum Gasteiger partial charge on any atom is 0.140 e. The number of aromatic amines is 1. The van der Waals surface area contributed by atoms with Crippen LogP contribution < -0.4 is 0 Å². The van der Waals surface area contributed by atoms with Crippen molar-refractivity contribution >= 4 is 22.5 Å². The molecule has 0 aliphatic heterocycles. The van der Waals surface area contributed by atoms with Crippen LogP contribution in [0.15, 0.2) is 22.9 Å². The highest BCUT2D eigenvalue weighted by Gasteiger charge is 2.28. The van der Waals surface area contributed by atoms with Crippen molar-refractivity contribution in [3.05, 3.63) is 29.2 Å². The van der Waals surface area contributed by atoms with Gasteiger partial charge in [0.1, 0.15) is 22.3 Å². The van der Waals surface area contributed by atoms with E-state index in [9.17, 15) is 0 Å². The number of hydrogen-bond acceptors (Lipinski definition) is 4. The standard InChI is InChI=1S/C12H9ClN4O.C2H6/c13-12-10-7(3-4-14-12)15-16-11(10)8-5-9(18-17-8)6-1-2-6;1-2/h3-6H,1-2H2,(H,15,16);1-2H3. The molecule has 3 aromatic heterocycles. The van der Waals surface area contributed by atoms with Crippen molar-refractivity contribution in [2.45, 2.75) is 32.6 Å². The highest BCUT2D eigenvalue weighted by atomic mass is 35.5. The summed E-state index contributed by atoms with van der Waals surface area (Å²) in [7, 11) is 0. The van der Waals surface area contributed by atoms with Crippen molar-refractivity contribution in [3.63, 3.8) is 0 Å². The molecule has 0 bridgehead atoms. The molecule has 0 spiro atoms. The van der Waals surface area contributed by atoms with E-state index in [2.05, 4.69) is 20.3 Å². The molecule has 1 aliphatic rings. The Morgan fingerprint density at radius 1 is 1.35 bits per heavy atom. The van der Waals surface area contributed by atoms with Gasteiger partial charge in [0.05, 0.1) is 10.9 Å². The number of halogens is 1. The number of fused-ring (bicyclic) bond motifs is 1. The minimum Gasteiger partial charge on any atom is -0.360 e. The van der Waals surface area contributed by atoms with E-state index >= 15 is 0 Å². The second-order valence-electron chi connectivity index (χ2n) is 4.49. The van der Waals surface area contributed by atoms with Crippen molar-refractivity contribution in [2.24, 2.45) is 0 Å². The summed E-state index contributed by atoms with van der Waals surface area (Å²) in [5.74, 6) is 1.46. The third kappa shape index (κ3) is 2.18. The van der Waals surface area contributed by atoms with Gasteiger partial charge in [-0.1, -0.05) is 30.6 Å². The number of pyridine rings is 1. The maximum absolute atomic E-state index is 6.11. The lowest BCUT2D eigenvalue weighted by atomic mass is 10.2.